The molecule has 0 aromatic heterocycles. The van der Waals surface area contributed by atoms with E-state index in [0.717, 1.165) is 18.3 Å². The molecule has 1 fully saturated rings. The van der Waals surface area contributed by atoms with E-state index in [1.54, 1.807) is 0 Å². The molecule has 0 bridgehead atoms. The van der Waals surface area contributed by atoms with Crippen LogP contribution < -0.4 is 15.4 Å². The molecule has 1 aliphatic rings. The van der Waals surface area contributed by atoms with Crippen LogP contribution in [0, 0.1) is 0 Å². The summed E-state index contributed by atoms with van der Waals surface area (Å²) < 4.78 is 5.48. The van der Waals surface area contributed by atoms with Gasteiger partial charge in [-0.1, -0.05) is 0 Å². The molecule has 0 radical (unpaired) electrons. The lowest BCUT2D eigenvalue weighted by Gasteiger charge is -2.20. The molecule has 1 amide bonds. The van der Waals surface area contributed by atoms with Crippen molar-refractivity contribution in [3.63, 3.8) is 0 Å². The fraction of sp³-hybridized carbons (Fsp3) is 0.562. The Morgan fingerprint density at radius 3 is 2.50 bits per heavy atom. The number of nitrogens with one attached hydrogen (secondary N) is 1. The van der Waals surface area contributed by atoms with Crippen LogP contribution in [0.5, 0.6) is 5.75 Å². The Bertz CT molecular complexity index is 445. The SMILES string of the molecule is CC(C)(C)NC(=O)COc1ccc(C[NH2+]C2CC2)cc1. The zero-order valence-electron chi connectivity index (χ0n) is 12.6. The van der Waals surface area contributed by atoms with Crippen LogP contribution in [-0.4, -0.2) is 24.1 Å². The lowest BCUT2D eigenvalue weighted by molar-refractivity contribution is -0.683. The van der Waals surface area contributed by atoms with E-state index in [9.17, 15) is 4.79 Å². The number of hydrogen-bond acceptors (Lipinski definition) is 2. The molecular weight excluding hydrogens is 252 g/mol. The molecule has 3 N–H and O–H groups in total. The molecule has 4 heteroatoms. The normalized spacial score (nSPS) is 14.9. The second kappa shape index (κ2) is 6.27. The largest absolute Gasteiger partial charge is 0.484 e. The van der Waals surface area contributed by atoms with Crippen molar-refractivity contribution in [1.29, 1.82) is 0 Å². The van der Waals surface area contributed by atoms with Crippen molar-refractivity contribution in [2.24, 2.45) is 0 Å². The average molecular weight is 277 g/mol. The molecular formula is C16H25N2O2+. The van der Waals surface area contributed by atoms with Gasteiger partial charge in [-0.2, -0.15) is 0 Å². The average Bonchev–Trinajstić information content (AvgIpc) is 3.17. The van der Waals surface area contributed by atoms with Gasteiger partial charge in [-0.25, -0.2) is 0 Å². The molecule has 0 spiro atoms. The molecule has 0 unspecified atom stereocenters. The number of quaternary nitrogens is 1. The Hall–Kier alpha value is -1.55. The summed E-state index contributed by atoms with van der Waals surface area (Å²) in [5.74, 6) is 0.646. The lowest BCUT2D eigenvalue weighted by Crippen LogP contribution is -2.84. The van der Waals surface area contributed by atoms with Crippen molar-refractivity contribution in [3.8, 4) is 5.75 Å². The van der Waals surface area contributed by atoms with Gasteiger partial charge in [0.2, 0.25) is 0 Å². The molecule has 0 saturated heterocycles. The van der Waals surface area contributed by atoms with E-state index in [0.29, 0.717) is 0 Å². The first-order valence-electron chi connectivity index (χ1n) is 7.28. The van der Waals surface area contributed by atoms with E-state index in [1.807, 2.05) is 32.9 Å². The van der Waals surface area contributed by atoms with E-state index in [-0.39, 0.29) is 18.1 Å². The van der Waals surface area contributed by atoms with Crippen LogP contribution in [-0.2, 0) is 11.3 Å². The quantitative estimate of drug-likeness (QED) is 0.821. The van der Waals surface area contributed by atoms with Gasteiger partial charge in [0.15, 0.2) is 6.61 Å². The summed E-state index contributed by atoms with van der Waals surface area (Å²) in [4.78, 5) is 11.6. The topological polar surface area (TPSA) is 54.9 Å². The second-order valence-electron chi connectivity index (χ2n) is 6.51. The summed E-state index contributed by atoms with van der Waals surface area (Å²) >= 11 is 0. The van der Waals surface area contributed by atoms with Gasteiger partial charge in [0, 0.05) is 23.9 Å². The van der Waals surface area contributed by atoms with E-state index in [1.165, 1.54) is 18.4 Å². The Morgan fingerprint density at radius 2 is 1.95 bits per heavy atom. The zero-order valence-corrected chi connectivity index (χ0v) is 12.6. The number of nitrogens with two attached hydrogens (primary N) is 1. The van der Waals surface area contributed by atoms with Crippen LogP contribution >= 0.6 is 0 Å². The van der Waals surface area contributed by atoms with Gasteiger partial charge in [-0.3, -0.25) is 4.79 Å². The first-order chi connectivity index (χ1) is 9.42. The minimum atomic E-state index is -0.219. The summed E-state index contributed by atoms with van der Waals surface area (Å²) in [5.41, 5.74) is 1.08. The highest BCUT2D eigenvalue weighted by molar-refractivity contribution is 5.78. The minimum Gasteiger partial charge on any atom is -0.484 e. The monoisotopic (exact) mass is 277 g/mol. The van der Waals surface area contributed by atoms with Crippen molar-refractivity contribution in [2.75, 3.05) is 6.61 Å². The first-order valence-corrected chi connectivity index (χ1v) is 7.28. The van der Waals surface area contributed by atoms with Gasteiger partial charge in [0.25, 0.3) is 5.91 Å². The molecule has 0 atom stereocenters. The van der Waals surface area contributed by atoms with Crippen molar-refractivity contribution in [1.82, 2.24) is 5.32 Å². The molecule has 0 aliphatic heterocycles. The maximum atomic E-state index is 11.6. The Morgan fingerprint density at radius 1 is 1.30 bits per heavy atom. The molecule has 1 saturated carbocycles. The van der Waals surface area contributed by atoms with E-state index >= 15 is 0 Å². The predicted octanol–water partition coefficient (Wildman–Crippen LogP) is 1.21. The van der Waals surface area contributed by atoms with Gasteiger partial charge < -0.3 is 15.4 Å². The summed E-state index contributed by atoms with van der Waals surface area (Å²) in [6, 6.07) is 8.83. The summed E-state index contributed by atoms with van der Waals surface area (Å²) in [6.45, 7) is 6.95. The van der Waals surface area contributed by atoms with Crippen LogP contribution in [0.3, 0.4) is 0 Å². The number of amides is 1. The van der Waals surface area contributed by atoms with E-state index in [2.05, 4.69) is 22.8 Å². The highest BCUT2D eigenvalue weighted by atomic mass is 16.5. The van der Waals surface area contributed by atoms with Crippen LogP contribution in [0.15, 0.2) is 24.3 Å². The standard InChI is InChI=1S/C16H24N2O2/c1-16(2,3)18-15(19)11-20-14-8-4-12(5-9-14)10-17-13-6-7-13/h4-5,8-9,13,17H,6-7,10-11H2,1-3H3,(H,18,19)/p+1. The number of carbonyl (C=O) groups is 1. The number of rotatable bonds is 6. The van der Waals surface area contributed by atoms with Crippen LogP contribution in [0.25, 0.3) is 0 Å². The van der Waals surface area contributed by atoms with E-state index in [4.69, 9.17) is 4.74 Å². The number of hydrogen-bond donors (Lipinski definition) is 2. The Kier molecular flexibility index (Phi) is 4.65. The maximum Gasteiger partial charge on any atom is 0.258 e. The summed E-state index contributed by atoms with van der Waals surface area (Å²) in [7, 11) is 0. The van der Waals surface area contributed by atoms with Gasteiger partial charge in [-0.15, -0.1) is 0 Å². The number of benzene rings is 1. The van der Waals surface area contributed by atoms with Gasteiger partial charge in [0.05, 0.1) is 6.04 Å². The second-order valence-corrected chi connectivity index (χ2v) is 6.51. The maximum absolute atomic E-state index is 11.6. The lowest BCUT2D eigenvalue weighted by atomic mass is 10.1. The molecule has 1 aliphatic carbocycles. The Labute approximate surface area is 120 Å². The highest BCUT2D eigenvalue weighted by Crippen LogP contribution is 2.15. The molecule has 1 aromatic rings. The van der Waals surface area contributed by atoms with Crippen LogP contribution in [0.2, 0.25) is 0 Å². The van der Waals surface area contributed by atoms with Gasteiger partial charge >= 0.3 is 0 Å². The smallest absolute Gasteiger partial charge is 0.258 e. The third-order valence-electron chi connectivity index (χ3n) is 3.12. The predicted molar refractivity (Wildman–Crippen MR) is 78.5 cm³/mol. The third kappa shape index (κ3) is 5.61. The molecule has 0 heterocycles. The first kappa shape index (κ1) is 14.9. The van der Waals surface area contributed by atoms with Crippen molar-refractivity contribution in [2.45, 2.75) is 51.7 Å². The summed E-state index contributed by atoms with van der Waals surface area (Å²) in [6.07, 6.45) is 2.70. The molecule has 1 aromatic carbocycles. The van der Waals surface area contributed by atoms with E-state index < -0.39 is 0 Å². The zero-order chi connectivity index (χ0) is 14.6. The van der Waals surface area contributed by atoms with Crippen LogP contribution in [0.1, 0.15) is 39.2 Å². The van der Waals surface area contributed by atoms with Gasteiger partial charge in [-0.05, 0) is 45.0 Å². The Balaban J connectivity index is 1.73. The molecule has 110 valence electrons. The summed E-state index contributed by atoms with van der Waals surface area (Å²) in [5, 5.41) is 5.25. The number of carbonyl (C=O) groups excluding carboxylic acids is 1. The molecule has 20 heavy (non-hydrogen) atoms. The highest BCUT2D eigenvalue weighted by Gasteiger charge is 2.24. The fourth-order valence-corrected chi connectivity index (χ4v) is 1.96. The van der Waals surface area contributed by atoms with Crippen molar-refractivity contribution >= 4 is 5.91 Å². The van der Waals surface area contributed by atoms with Crippen LogP contribution in [0.4, 0.5) is 0 Å². The molecule has 2 rings (SSSR count). The fourth-order valence-electron chi connectivity index (χ4n) is 1.96. The third-order valence-corrected chi connectivity index (χ3v) is 3.12. The minimum absolute atomic E-state index is 0.0603. The molecule has 4 nitrogen and oxygen atoms in total. The van der Waals surface area contributed by atoms with Crippen molar-refractivity contribution < 1.29 is 14.8 Å². The van der Waals surface area contributed by atoms with Gasteiger partial charge in [0.1, 0.15) is 12.3 Å². The number of ether oxygens (including phenoxy) is 1. The van der Waals surface area contributed by atoms with Crippen molar-refractivity contribution in [3.05, 3.63) is 29.8 Å².